The molecule has 0 aliphatic heterocycles. The molecule has 0 radical (unpaired) electrons. The Kier molecular flexibility index (Phi) is 5.59. The number of benzene rings is 2. The van der Waals surface area contributed by atoms with Gasteiger partial charge in [-0.15, -0.1) is 0 Å². The third-order valence-electron chi connectivity index (χ3n) is 4.17. The minimum Gasteiger partial charge on any atom is -0.332 e. The fourth-order valence-corrected chi connectivity index (χ4v) is 3.23. The van der Waals surface area contributed by atoms with Gasteiger partial charge >= 0.3 is 0 Å². The highest BCUT2D eigenvalue weighted by Crippen LogP contribution is 2.23. The molecule has 0 atom stereocenters. The highest BCUT2D eigenvalue weighted by Gasteiger charge is 2.14. The minimum atomic E-state index is 0.541. The molecule has 134 valence electrons. The molecule has 0 amide bonds. The van der Waals surface area contributed by atoms with Gasteiger partial charge in [-0.25, -0.2) is 0 Å². The van der Waals surface area contributed by atoms with E-state index in [-0.39, 0.29) is 0 Å². The largest absolute Gasteiger partial charge is 0.332 e. The number of aromatic nitrogens is 2. The molecule has 0 unspecified atom stereocenters. The predicted molar refractivity (Wildman–Crippen MR) is 113 cm³/mol. The maximum Gasteiger partial charge on any atom is 0.175 e. The van der Waals surface area contributed by atoms with Crippen molar-refractivity contribution in [2.45, 2.75) is 27.3 Å². The summed E-state index contributed by atoms with van der Waals surface area (Å²) in [6.45, 7) is 6.66. The first-order valence-electron chi connectivity index (χ1n) is 8.36. The minimum absolute atomic E-state index is 0.541. The average Bonchev–Trinajstić information content (AvgIpc) is 2.84. The standard InChI is InChI=1S/C20H21ClN4S/c1-13-7-6-9-17(11-13)22-20(26)23-19-14(2)24-25(15(19)3)12-16-8-4-5-10-18(16)21/h4-11H,12H2,1-3H3,(H2,22,23,26). The van der Waals surface area contributed by atoms with Gasteiger partial charge in [0.25, 0.3) is 0 Å². The third-order valence-corrected chi connectivity index (χ3v) is 4.75. The number of anilines is 2. The van der Waals surface area contributed by atoms with E-state index in [2.05, 4.69) is 34.8 Å². The van der Waals surface area contributed by atoms with Crippen LogP contribution in [0.3, 0.4) is 0 Å². The summed E-state index contributed by atoms with van der Waals surface area (Å²) in [5.74, 6) is 0. The molecular formula is C20H21ClN4S. The Balaban J connectivity index is 1.75. The van der Waals surface area contributed by atoms with Crippen molar-refractivity contribution in [3.05, 3.63) is 76.1 Å². The number of nitrogens with zero attached hydrogens (tertiary/aromatic N) is 2. The number of nitrogens with one attached hydrogen (secondary N) is 2. The maximum absolute atomic E-state index is 6.27. The lowest BCUT2D eigenvalue weighted by molar-refractivity contribution is 0.659. The summed E-state index contributed by atoms with van der Waals surface area (Å²) in [6, 6.07) is 15.9. The molecule has 6 heteroatoms. The second-order valence-corrected chi connectivity index (χ2v) is 7.06. The molecule has 0 saturated carbocycles. The van der Waals surface area contributed by atoms with Crippen LogP contribution in [0.4, 0.5) is 11.4 Å². The Labute approximate surface area is 164 Å². The predicted octanol–water partition coefficient (Wildman–Crippen LogP) is 5.32. The van der Waals surface area contributed by atoms with Crippen LogP contribution in [-0.2, 0) is 6.54 Å². The molecule has 2 N–H and O–H groups in total. The second-order valence-electron chi connectivity index (χ2n) is 6.24. The SMILES string of the molecule is Cc1cccc(NC(=S)Nc2c(C)nn(Cc3ccccc3Cl)c2C)c1. The van der Waals surface area contributed by atoms with Gasteiger partial charge in [0.2, 0.25) is 0 Å². The molecular weight excluding hydrogens is 364 g/mol. The molecule has 0 bridgehead atoms. The number of aryl methyl sites for hydroxylation is 2. The van der Waals surface area contributed by atoms with E-state index in [9.17, 15) is 0 Å². The lowest BCUT2D eigenvalue weighted by atomic mass is 10.2. The van der Waals surface area contributed by atoms with Crippen LogP contribution in [0.2, 0.25) is 5.02 Å². The van der Waals surface area contributed by atoms with Crippen LogP contribution in [-0.4, -0.2) is 14.9 Å². The first-order chi connectivity index (χ1) is 12.4. The Morgan fingerprint density at radius 3 is 2.58 bits per heavy atom. The number of thiocarbonyl (C=S) groups is 1. The summed E-state index contributed by atoms with van der Waals surface area (Å²) in [6.07, 6.45) is 0. The first-order valence-corrected chi connectivity index (χ1v) is 9.15. The summed E-state index contributed by atoms with van der Waals surface area (Å²) >= 11 is 11.7. The number of hydrogen-bond donors (Lipinski definition) is 2. The first kappa shape index (κ1) is 18.4. The van der Waals surface area contributed by atoms with Crippen LogP contribution < -0.4 is 10.6 Å². The Bertz CT molecular complexity index is 949. The van der Waals surface area contributed by atoms with Crippen LogP contribution in [0.25, 0.3) is 0 Å². The van der Waals surface area contributed by atoms with E-state index >= 15 is 0 Å². The van der Waals surface area contributed by atoms with Gasteiger partial charge < -0.3 is 10.6 Å². The lowest BCUT2D eigenvalue weighted by Crippen LogP contribution is -2.20. The summed E-state index contributed by atoms with van der Waals surface area (Å²) in [5.41, 5.74) is 5.99. The second kappa shape index (κ2) is 7.89. The van der Waals surface area contributed by atoms with E-state index in [0.29, 0.717) is 11.7 Å². The zero-order valence-corrected chi connectivity index (χ0v) is 16.6. The van der Waals surface area contributed by atoms with Crippen molar-refractivity contribution in [2.75, 3.05) is 10.6 Å². The summed E-state index contributed by atoms with van der Waals surface area (Å²) in [4.78, 5) is 0. The van der Waals surface area contributed by atoms with E-state index in [0.717, 1.165) is 33.3 Å². The monoisotopic (exact) mass is 384 g/mol. The average molecular weight is 385 g/mol. The van der Waals surface area contributed by atoms with E-state index in [1.165, 1.54) is 5.56 Å². The van der Waals surface area contributed by atoms with Crippen molar-refractivity contribution in [1.29, 1.82) is 0 Å². The molecule has 3 rings (SSSR count). The van der Waals surface area contributed by atoms with Gasteiger partial charge in [-0.05, 0) is 62.3 Å². The highest BCUT2D eigenvalue weighted by molar-refractivity contribution is 7.80. The van der Waals surface area contributed by atoms with Crippen molar-refractivity contribution in [3.8, 4) is 0 Å². The van der Waals surface area contributed by atoms with E-state index in [1.807, 2.05) is 54.9 Å². The van der Waals surface area contributed by atoms with Gasteiger partial charge in [-0.2, -0.15) is 5.10 Å². The number of halogens is 1. The Morgan fingerprint density at radius 1 is 1.08 bits per heavy atom. The smallest absolute Gasteiger partial charge is 0.175 e. The molecule has 26 heavy (non-hydrogen) atoms. The van der Waals surface area contributed by atoms with E-state index in [1.54, 1.807) is 0 Å². The molecule has 1 heterocycles. The van der Waals surface area contributed by atoms with Crippen molar-refractivity contribution < 1.29 is 0 Å². The summed E-state index contributed by atoms with van der Waals surface area (Å²) < 4.78 is 1.94. The van der Waals surface area contributed by atoms with E-state index in [4.69, 9.17) is 23.8 Å². The highest BCUT2D eigenvalue weighted by atomic mass is 35.5. The Morgan fingerprint density at radius 2 is 1.85 bits per heavy atom. The van der Waals surface area contributed by atoms with Gasteiger partial charge in [0.15, 0.2) is 5.11 Å². The Hall–Kier alpha value is -2.37. The lowest BCUT2D eigenvalue weighted by Gasteiger charge is -2.12. The summed E-state index contributed by atoms with van der Waals surface area (Å²) in [5, 5.41) is 12.4. The fourth-order valence-electron chi connectivity index (χ4n) is 2.82. The molecule has 0 saturated heterocycles. The molecule has 0 aliphatic carbocycles. The third kappa shape index (κ3) is 4.23. The maximum atomic E-state index is 6.27. The topological polar surface area (TPSA) is 41.9 Å². The molecule has 0 fully saturated rings. The van der Waals surface area contributed by atoms with Crippen LogP contribution in [0.5, 0.6) is 0 Å². The van der Waals surface area contributed by atoms with Crippen LogP contribution in [0.15, 0.2) is 48.5 Å². The molecule has 4 nitrogen and oxygen atoms in total. The molecule has 3 aromatic rings. The summed E-state index contributed by atoms with van der Waals surface area (Å²) in [7, 11) is 0. The van der Waals surface area contributed by atoms with Crippen molar-refractivity contribution in [2.24, 2.45) is 0 Å². The van der Waals surface area contributed by atoms with Crippen LogP contribution >= 0.6 is 23.8 Å². The van der Waals surface area contributed by atoms with Crippen molar-refractivity contribution >= 4 is 40.3 Å². The molecule has 2 aromatic carbocycles. The normalized spacial score (nSPS) is 10.6. The quantitative estimate of drug-likeness (QED) is 0.597. The van der Waals surface area contributed by atoms with Crippen LogP contribution in [0, 0.1) is 20.8 Å². The van der Waals surface area contributed by atoms with Gasteiger partial charge in [0.1, 0.15) is 0 Å². The van der Waals surface area contributed by atoms with Gasteiger partial charge in [-0.1, -0.05) is 41.9 Å². The number of hydrogen-bond acceptors (Lipinski definition) is 2. The van der Waals surface area contributed by atoms with Gasteiger partial charge in [-0.3, -0.25) is 4.68 Å². The molecule has 1 aromatic heterocycles. The van der Waals surface area contributed by atoms with Gasteiger partial charge in [0.05, 0.1) is 23.6 Å². The van der Waals surface area contributed by atoms with E-state index < -0.39 is 0 Å². The van der Waals surface area contributed by atoms with Crippen LogP contribution in [0.1, 0.15) is 22.5 Å². The van der Waals surface area contributed by atoms with Crippen molar-refractivity contribution in [1.82, 2.24) is 9.78 Å². The van der Waals surface area contributed by atoms with Crippen molar-refractivity contribution in [3.63, 3.8) is 0 Å². The fraction of sp³-hybridized carbons (Fsp3) is 0.200. The zero-order valence-electron chi connectivity index (χ0n) is 15.0. The zero-order chi connectivity index (χ0) is 18.7. The molecule has 0 spiro atoms. The molecule has 0 aliphatic rings. The number of rotatable bonds is 4. The van der Waals surface area contributed by atoms with Gasteiger partial charge in [0, 0.05) is 10.7 Å².